The van der Waals surface area contributed by atoms with Gasteiger partial charge in [-0.3, -0.25) is 19.3 Å². The summed E-state index contributed by atoms with van der Waals surface area (Å²) in [6.07, 6.45) is 2.60. The van der Waals surface area contributed by atoms with Crippen molar-refractivity contribution in [1.82, 2.24) is 0 Å². The van der Waals surface area contributed by atoms with Gasteiger partial charge < -0.3 is 15.8 Å². The Morgan fingerprint density at radius 1 is 1.29 bits per heavy atom. The summed E-state index contributed by atoms with van der Waals surface area (Å²) in [6, 6.07) is 3.13. The van der Waals surface area contributed by atoms with Crippen LogP contribution < -0.4 is 20.7 Å². The van der Waals surface area contributed by atoms with E-state index in [9.17, 15) is 14.4 Å². The minimum absolute atomic E-state index is 0.102. The fourth-order valence-corrected chi connectivity index (χ4v) is 3.48. The zero-order chi connectivity index (χ0) is 20.3. The molecule has 0 atom stereocenters. The second-order valence-electron chi connectivity index (χ2n) is 6.48. The van der Waals surface area contributed by atoms with E-state index in [0.717, 1.165) is 12.8 Å². The van der Waals surface area contributed by atoms with E-state index in [1.165, 1.54) is 4.90 Å². The van der Waals surface area contributed by atoms with Gasteiger partial charge in [0.05, 0.1) is 22.9 Å². The van der Waals surface area contributed by atoms with Gasteiger partial charge in [-0.1, -0.05) is 17.5 Å². The van der Waals surface area contributed by atoms with Gasteiger partial charge >= 0.3 is 0 Å². The molecule has 0 saturated heterocycles. The van der Waals surface area contributed by atoms with Crippen LogP contribution in [0.25, 0.3) is 0 Å². The third-order valence-corrected chi connectivity index (χ3v) is 5.01. The van der Waals surface area contributed by atoms with E-state index in [1.54, 1.807) is 19.1 Å². The first-order valence-corrected chi connectivity index (χ1v) is 9.29. The number of hydrogen-bond donors (Lipinski definition) is 2. The molecule has 28 heavy (non-hydrogen) atoms. The zero-order valence-electron chi connectivity index (χ0n) is 15.4. The SMILES string of the molecule is CC#CCN1C(=O)COc2cc(Cl)c(NC(=O)C3=C(C(N)=O)CCCC3)cc21. The number of ether oxygens (including phenoxy) is 1. The lowest BCUT2D eigenvalue weighted by Crippen LogP contribution is -2.39. The van der Waals surface area contributed by atoms with Crippen LogP contribution in [0.3, 0.4) is 0 Å². The Bertz CT molecular complexity index is 943. The molecular weight excluding hydrogens is 382 g/mol. The minimum atomic E-state index is -0.579. The average Bonchev–Trinajstić information content (AvgIpc) is 2.68. The van der Waals surface area contributed by atoms with Crippen LogP contribution in [-0.2, 0) is 14.4 Å². The number of nitrogens with one attached hydrogen (secondary N) is 1. The molecule has 0 unspecified atom stereocenters. The van der Waals surface area contributed by atoms with Gasteiger partial charge in [-0.15, -0.1) is 5.92 Å². The lowest BCUT2D eigenvalue weighted by atomic mass is 9.90. The van der Waals surface area contributed by atoms with E-state index in [2.05, 4.69) is 17.2 Å². The summed E-state index contributed by atoms with van der Waals surface area (Å²) in [7, 11) is 0. The molecule has 2 aliphatic rings. The molecule has 0 fully saturated rings. The Morgan fingerprint density at radius 3 is 2.68 bits per heavy atom. The molecule has 0 bridgehead atoms. The summed E-state index contributed by atoms with van der Waals surface area (Å²) < 4.78 is 5.44. The molecule has 3 amide bonds. The monoisotopic (exact) mass is 401 g/mol. The summed E-state index contributed by atoms with van der Waals surface area (Å²) in [5.74, 6) is 4.81. The Kier molecular flexibility index (Phi) is 5.90. The van der Waals surface area contributed by atoms with Crippen molar-refractivity contribution >= 4 is 40.7 Å². The summed E-state index contributed by atoms with van der Waals surface area (Å²) in [5, 5.41) is 3.00. The van der Waals surface area contributed by atoms with Crippen molar-refractivity contribution < 1.29 is 19.1 Å². The molecule has 8 heteroatoms. The van der Waals surface area contributed by atoms with Gasteiger partial charge in [-0.05, 0) is 38.7 Å². The van der Waals surface area contributed by atoms with Gasteiger partial charge in [0.2, 0.25) is 5.91 Å². The third-order valence-electron chi connectivity index (χ3n) is 4.69. The maximum Gasteiger partial charge on any atom is 0.265 e. The normalized spacial score (nSPS) is 15.9. The fraction of sp³-hybridized carbons (Fsp3) is 0.350. The number of carbonyl (C=O) groups is 3. The van der Waals surface area contributed by atoms with Gasteiger partial charge in [-0.2, -0.15) is 0 Å². The molecule has 1 aliphatic heterocycles. The molecule has 0 aromatic heterocycles. The number of primary amides is 1. The van der Waals surface area contributed by atoms with E-state index in [-0.39, 0.29) is 24.1 Å². The molecule has 0 spiro atoms. The molecule has 7 nitrogen and oxygen atoms in total. The van der Waals surface area contributed by atoms with Crippen LogP contribution in [0.15, 0.2) is 23.3 Å². The average molecular weight is 402 g/mol. The Labute approximate surface area is 167 Å². The third kappa shape index (κ3) is 3.97. The van der Waals surface area contributed by atoms with E-state index >= 15 is 0 Å². The summed E-state index contributed by atoms with van der Waals surface area (Å²) >= 11 is 6.30. The largest absolute Gasteiger partial charge is 0.482 e. The molecule has 0 radical (unpaired) electrons. The number of hydrogen-bond acceptors (Lipinski definition) is 4. The van der Waals surface area contributed by atoms with E-state index in [4.69, 9.17) is 22.1 Å². The van der Waals surface area contributed by atoms with E-state index in [0.29, 0.717) is 41.1 Å². The van der Waals surface area contributed by atoms with Gasteiger partial charge in [-0.25, -0.2) is 0 Å². The fourth-order valence-electron chi connectivity index (χ4n) is 3.27. The van der Waals surface area contributed by atoms with Crippen LogP contribution in [0.5, 0.6) is 5.75 Å². The van der Waals surface area contributed by atoms with E-state index in [1.807, 2.05) is 0 Å². The highest BCUT2D eigenvalue weighted by Gasteiger charge is 2.28. The first kappa shape index (κ1) is 19.8. The molecule has 0 saturated carbocycles. The summed E-state index contributed by atoms with van der Waals surface area (Å²) in [5.41, 5.74) is 6.95. The van der Waals surface area contributed by atoms with Gasteiger partial charge in [0.25, 0.3) is 11.8 Å². The molecule has 1 aliphatic carbocycles. The maximum absolute atomic E-state index is 12.8. The summed E-state index contributed by atoms with van der Waals surface area (Å²) in [6.45, 7) is 1.79. The first-order valence-electron chi connectivity index (χ1n) is 8.92. The van der Waals surface area contributed by atoms with Crippen molar-refractivity contribution in [3.05, 3.63) is 28.3 Å². The number of fused-ring (bicyclic) bond motifs is 1. The molecule has 1 aromatic rings. The second-order valence-corrected chi connectivity index (χ2v) is 6.88. The number of halogens is 1. The van der Waals surface area contributed by atoms with Crippen LogP contribution in [-0.4, -0.2) is 30.9 Å². The molecular formula is C20H20ClN3O4. The van der Waals surface area contributed by atoms with Crippen LogP contribution in [0.2, 0.25) is 5.02 Å². The predicted molar refractivity (Wildman–Crippen MR) is 106 cm³/mol. The van der Waals surface area contributed by atoms with Crippen LogP contribution in [0, 0.1) is 11.8 Å². The number of nitrogens with two attached hydrogens (primary N) is 1. The smallest absolute Gasteiger partial charge is 0.265 e. The van der Waals surface area contributed by atoms with Crippen molar-refractivity contribution in [3.8, 4) is 17.6 Å². The number of anilines is 2. The zero-order valence-corrected chi connectivity index (χ0v) is 16.2. The Morgan fingerprint density at radius 2 is 2.00 bits per heavy atom. The van der Waals surface area contributed by atoms with Crippen LogP contribution in [0.1, 0.15) is 32.6 Å². The predicted octanol–water partition coefficient (Wildman–Crippen LogP) is 2.38. The Hall–Kier alpha value is -2.98. The van der Waals surface area contributed by atoms with Crippen LogP contribution >= 0.6 is 11.6 Å². The number of nitrogens with zero attached hydrogens (tertiary/aromatic N) is 1. The lowest BCUT2D eigenvalue weighted by Gasteiger charge is -2.29. The van der Waals surface area contributed by atoms with Gasteiger partial charge in [0.15, 0.2) is 6.61 Å². The second kappa shape index (κ2) is 8.36. The number of amides is 3. The highest BCUT2D eigenvalue weighted by molar-refractivity contribution is 6.34. The Balaban J connectivity index is 1.93. The van der Waals surface area contributed by atoms with Crippen molar-refractivity contribution in [3.63, 3.8) is 0 Å². The number of carbonyl (C=O) groups excluding carboxylic acids is 3. The van der Waals surface area contributed by atoms with Crippen molar-refractivity contribution in [2.75, 3.05) is 23.4 Å². The highest BCUT2D eigenvalue weighted by Crippen LogP contribution is 2.39. The highest BCUT2D eigenvalue weighted by atomic mass is 35.5. The maximum atomic E-state index is 12.8. The topological polar surface area (TPSA) is 102 Å². The molecule has 3 N–H and O–H groups in total. The molecule has 3 rings (SSSR count). The molecule has 146 valence electrons. The quantitative estimate of drug-likeness (QED) is 0.756. The van der Waals surface area contributed by atoms with E-state index < -0.39 is 11.8 Å². The van der Waals surface area contributed by atoms with Gasteiger partial charge in [0, 0.05) is 17.2 Å². The summed E-state index contributed by atoms with van der Waals surface area (Å²) in [4.78, 5) is 38.1. The van der Waals surface area contributed by atoms with Crippen molar-refractivity contribution in [1.29, 1.82) is 0 Å². The number of rotatable bonds is 4. The lowest BCUT2D eigenvalue weighted by molar-refractivity contribution is -0.121. The molecule has 1 aromatic carbocycles. The first-order chi connectivity index (χ1) is 13.4. The van der Waals surface area contributed by atoms with Crippen LogP contribution in [0.4, 0.5) is 11.4 Å². The molecule has 1 heterocycles. The standard InChI is InChI=1S/C20H20ClN3O4/c1-2-3-8-24-16-10-15(14(21)9-17(16)28-11-18(24)25)23-20(27)13-7-5-4-6-12(13)19(22)26/h9-10H,4-8,11H2,1H3,(H2,22,26)(H,23,27). The minimum Gasteiger partial charge on any atom is -0.482 e. The van der Waals surface area contributed by atoms with Crippen molar-refractivity contribution in [2.24, 2.45) is 5.73 Å². The number of benzene rings is 1. The van der Waals surface area contributed by atoms with Gasteiger partial charge in [0.1, 0.15) is 5.75 Å². The van der Waals surface area contributed by atoms with Crippen molar-refractivity contribution in [2.45, 2.75) is 32.6 Å².